The number of fused-ring (bicyclic) bond motifs is 1. The van der Waals surface area contributed by atoms with Gasteiger partial charge < -0.3 is 15.4 Å². The minimum atomic E-state index is -0.402. The quantitative estimate of drug-likeness (QED) is 0.469. The molecule has 2 amide bonds. The van der Waals surface area contributed by atoms with E-state index in [0.717, 1.165) is 5.56 Å². The third kappa shape index (κ3) is 5.02. The number of hydrogen-bond donors (Lipinski definition) is 2. The van der Waals surface area contributed by atoms with Gasteiger partial charge in [-0.2, -0.15) is 0 Å². The molecule has 4 rings (SSSR count). The molecule has 2 aromatic carbocycles. The Balaban J connectivity index is 1.45. The van der Waals surface area contributed by atoms with Crippen molar-refractivity contribution in [1.82, 2.24) is 9.38 Å². The molecule has 0 saturated carbocycles. The molecule has 0 atom stereocenters. The average molecular weight is 435 g/mol. The predicted molar refractivity (Wildman–Crippen MR) is 121 cm³/mol. The summed E-state index contributed by atoms with van der Waals surface area (Å²) in [6.45, 7) is 2.02. The summed E-state index contributed by atoms with van der Waals surface area (Å²) in [6.07, 6.45) is 1.67. The van der Waals surface area contributed by atoms with E-state index in [9.17, 15) is 9.59 Å². The first-order valence-electron chi connectivity index (χ1n) is 9.52. The topological polar surface area (TPSA) is 84.7 Å². The normalized spacial score (nSPS) is 10.6. The molecule has 7 nitrogen and oxygen atoms in total. The summed E-state index contributed by atoms with van der Waals surface area (Å²) in [5, 5.41) is 6.02. The minimum Gasteiger partial charge on any atom is -0.487 e. The smallest absolute Gasteiger partial charge is 0.323 e. The molecule has 31 heavy (non-hydrogen) atoms. The number of anilines is 2. The lowest BCUT2D eigenvalue weighted by Crippen LogP contribution is -2.19. The van der Waals surface area contributed by atoms with E-state index in [2.05, 4.69) is 15.6 Å². The number of hydrogen-bond acceptors (Lipinski definition) is 4. The first kappa shape index (κ1) is 20.4. The van der Waals surface area contributed by atoms with Crippen molar-refractivity contribution in [3.8, 4) is 5.75 Å². The number of benzene rings is 2. The van der Waals surface area contributed by atoms with Gasteiger partial charge in [-0.3, -0.25) is 9.20 Å². The summed E-state index contributed by atoms with van der Waals surface area (Å²) < 4.78 is 7.35. The number of carbonyl (C=O) groups is 1. The van der Waals surface area contributed by atoms with Crippen molar-refractivity contribution in [2.24, 2.45) is 0 Å². The maximum absolute atomic E-state index is 12.3. The van der Waals surface area contributed by atoms with Gasteiger partial charge in [0, 0.05) is 34.7 Å². The van der Waals surface area contributed by atoms with Crippen LogP contribution in [0.4, 0.5) is 16.2 Å². The molecule has 0 aliphatic carbocycles. The summed E-state index contributed by atoms with van der Waals surface area (Å²) in [7, 11) is 0. The van der Waals surface area contributed by atoms with E-state index in [1.807, 2.05) is 19.1 Å². The number of urea groups is 1. The fourth-order valence-corrected chi connectivity index (χ4v) is 3.21. The number of aromatic nitrogens is 2. The van der Waals surface area contributed by atoms with Gasteiger partial charge in [0.1, 0.15) is 18.0 Å². The second-order valence-corrected chi connectivity index (χ2v) is 7.31. The first-order chi connectivity index (χ1) is 15.0. The number of amides is 2. The maximum Gasteiger partial charge on any atom is 0.323 e. The van der Waals surface area contributed by atoms with Crippen molar-refractivity contribution >= 4 is 34.7 Å². The number of ether oxygens (including phenoxy) is 1. The van der Waals surface area contributed by atoms with Crippen LogP contribution in [0.5, 0.6) is 5.75 Å². The second-order valence-electron chi connectivity index (χ2n) is 6.87. The number of nitrogens with one attached hydrogen (secondary N) is 2. The van der Waals surface area contributed by atoms with Crippen LogP contribution >= 0.6 is 11.6 Å². The summed E-state index contributed by atoms with van der Waals surface area (Å²) in [5.41, 5.74) is 2.94. The Bertz CT molecular complexity index is 1320. The Morgan fingerprint density at radius 3 is 2.65 bits per heavy atom. The second kappa shape index (κ2) is 8.89. The molecule has 0 fully saturated rings. The molecule has 0 radical (unpaired) electrons. The lowest BCUT2D eigenvalue weighted by Gasteiger charge is -2.12. The van der Waals surface area contributed by atoms with Gasteiger partial charge in [-0.15, -0.1) is 0 Å². The molecule has 2 heterocycles. The molecule has 4 aromatic rings. The van der Waals surface area contributed by atoms with Crippen molar-refractivity contribution < 1.29 is 9.53 Å². The number of pyridine rings is 1. The van der Waals surface area contributed by atoms with E-state index < -0.39 is 6.03 Å². The van der Waals surface area contributed by atoms with Gasteiger partial charge in [-0.1, -0.05) is 29.8 Å². The number of nitrogens with zero attached hydrogens (tertiary/aromatic N) is 2. The standard InChI is InChI=1S/C23H19ClN4O3/c1-15-8-9-18(27-23(30)26-17-6-4-5-16(24)11-17)12-20(15)31-14-19-13-22(29)28-10-3-2-7-21(28)25-19/h2-13H,14H2,1H3,(H2,26,27,30). The van der Waals surface area contributed by atoms with Gasteiger partial charge in [0.05, 0.1) is 5.69 Å². The molecule has 0 aliphatic rings. The van der Waals surface area contributed by atoms with Crippen LogP contribution in [0.3, 0.4) is 0 Å². The summed E-state index contributed by atoms with van der Waals surface area (Å²) in [5.74, 6) is 0.579. The highest BCUT2D eigenvalue weighted by atomic mass is 35.5. The van der Waals surface area contributed by atoms with E-state index in [4.69, 9.17) is 16.3 Å². The largest absolute Gasteiger partial charge is 0.487 e. The average Bonchev–Trinajstić information content (AvgIpc) is 2.74. The van der Waals surface area contributed by atoms with E-state index in [1.165, 1.54) is 10.5 Å². The molecular formula is C23H19ClN4O3. The van der Waals surface area contributed by atoms with Crippen LogP contribution in [-0.4, -0.2) is 15.4 Å². The Morgan fingerprint density at radius 1 is 1.03 bits per heavy atom. The highest BCUT2D eigenvalue weighted by Crippen LogP contribution is 2.24. The molecule has 8 heteroatoms. The lowest BCUT2D eigenvalue weighted by molar-refractivity contribution is 0.262. The van der Waals surface area contributed by atoms with Gasteiger partial charge in [0.25, 0.3) is 5.56 Å². The van der Waals surface area contributed by atoms with Crippen LogP contribution in [0.2, 0.25) is 5.02 Å². The van der Waals surface area contributed by atoms with Crippen molar-refractivity contribution in [2.75, 3.05) is 10.6 Å². The summed E-state index contributed by atoms with van der Waals surface area (Å²) >= 11 is 5.94. The molecule has 0 bridgehead atoms. The molecular weight excluding hydrogens is 416 g/mol. The molecule has 0 unspecified atom stereocenters. The molecule has 2 N–H and O–H groups in total. The Kier molecular flexibility index (Phi) is 5.86. The molecule has 0 aliphatic heterocycles. The fraction of sp³-hybridized carbons (Fsp3) is 0.0870. The van der Waals surface area contributed by atoms with Crippen LogP contribution < -0.4 is 20.9 Å². The van der Waals surface area contributed by atoms with Crippen LogP contribution in [0.25, 0.3) is 5.65 Å². The van der Waals surface area contributed by atoms with Gasteiger partial charge in [-0.05, 0) is 48.9 Å². The number of aryl methyl sites for hydroxylation is 1. The van der Waals surface area contributed by atoms with Crippen molar-refractivity contribution in [3.05, 3.63) is 99.6 Å². The first-order valence-corrected chi connectivity index (χ1v) is 9.90. The molecule has 0 saturated heterocycles. The Hall–Kier alpha value is -3.84. The summed E-state index contributed by atoms with van der Waals surface area (Å²) in [4.78, 5) is 29.0. The van der Waals surface area contributed by atoms with E-state index in [-0.39, 0.29) is 12.2 Å². The zero-order valence-corrected chi connectivity index (χ0v) is 17.4. The SMILES string of the molecule is Cc1ccc(NC(=O)Nc2cccc(Cl)c2)cc1OCc1cc(=O)n2ccccc2n1. The number of halogens is 1. The predicted octanol–water partition coefficient (Wildman–Crippen LogP) is 4.88. The Morgan fingerprint density at radius 2 is 1.84 bits per heavy atom. The monoisotopic (exact) mass is 434 g/mol. The molecule has 156 valence electrons. The molecule has 0 spiro atoms. The van der Waals surface area contributed by atoms with Crippen molar-refractivity contribution in [2.45, 2.75) is 13.5 Å². The zero-order chi connectivity index (χ0) is 21.8. The van der Waals surface area contributed by atoms with Crippen molar-refractivity contribution in [3.63, 3.8) is 0 Å². The van der Waals surface area contributed by atoms with Crippen LogP contribution in [0.1, 0.15) is 11.3 Å². The van der Waals surface area contributed by atoms with Gasteiger partial charge in [0.15, 0.2) is 0 Å². The van der Waals surface area contributed by atoms with Crippen molar-refractivity contribution in [1.29, 1.82) is 0 Å². The zero-order valence-electron chi connectivity index (χ0n) is 16.6. The van der Waals surface area contributed by atoms with E-state index in [0.29, 0.717) is 33.5 Å². The Labute approximate surface area is 183 Å². The van der Waals surface area contributed by atoms with Crippen LogP contribution in [0.15, 0.2) is 77.7 Å². The molecule has 2 aromatic heterocycles. The highest BCUT2D eigenvalue weighted by molar-refractivity contribution is 6.30. The highest BCUT2D eigenvalue weighted by Gasteiger charge is 2.08. The number of rotatable bonds is 5. The third-order valence-corrected chi connectivity index (χ3v) is 4.76. The minimum absolute atomic E-state index is 0.125. The van der Waals surface area contributed by atoms with Gasteiger partial charge >= 0.3 is 6.03 Å². The lowest BCUT2D eigenvalue weighted by atomic mass is 10.2. The van der Waals surface area contributed by atoms with Crippen LogP contribution in [0, 0.1) is 6.92 Å². The fourth-order valence-electron chi connectivity index (χ4n) is 3.02. The number of carbonyl (C=O) groups excluding carboxylic acids is 1. The van der Waals surface area contributed by atoms with Crippen LogP contribution in [-0.2, 0) is 6.61 Å². The van der Waals surface area contributed by atoms with Gasteiger partial charge in [0.2, 0.25) is 0 Å². The van der Waals surface area contributed by atoms with E-state index >= 15 is 0 Å². The van der Waals surface area contributed by atoms with Gasteiger partial charge in [-0.25, -0.2) is 9.78 Å². The summed E-state index contributed by atoms with van der Waals surface area (Å²) in [6, 6.07) is 18.6. The van der Waals surface area contributed by atoms with E-state index in [1.54, 1.807) is 54.7 Å². The maximum atomic E-state index is 12.3. The third-order valence-electron chi connectivity index (χ3n) is 4.53.